The van der Waals surface area contributed by atoms with Crippen molar-refractivity contribution in [2.75, 3.05) is 7.05 Å². The lowest BCUT2D eigenvalue weighted by molar-refractivity contribution is 0.523. The van der Waals surface area contributed by atoms with E-state index in [9.17, 15) is 0 Å². The zero-order valence-corrected chi connectivity index (χ0v) is 10.0. The lowest BCUT2D eigenvalue weighted by Crippen LogP contribution is -2.22. The van der Waals surface area contributed by atoms with Gasteiger partial charge in [0.25, 0.3) is 0 Å². The second kappa shape index (κ2) is 5.49. The number of likely N-dealkylation sites (N-methyl/N-ethyl adjacent to an activating group) is 1. The highest BCUT2D eigenvalue weighted by molar-refractivity contribution is 5.07. The Morgan fingerprint density at radius 3 is 2.88 bits per heavy atom. The predicted octanol–water partition coefficient (Wildman–Crippen LogP) is 0.591. The summed E-state index contributed by atoms with van der Waals surface area (Å²) in [7, 11) is 1.92. The molecule has 0 radical (unpaired) electrons. The fourth-order valence-electron chi connectivity index (χ4n) is 1.75. The van der Waals surface area contributed by atoms with Gasteiger partial charge >= 0.3 is 0 Å². The first kappa shape index (κ1) is 11.7. The summed E-state index contributed by atoms with van der Waals surface area (Å²) in [5, 5.41) is 7.40. The van der Waals surface area contributed by atoms with E-state index in [1.165, 1.54) is 0 Å². The van der Waals surface area contributed by atoms with Crippen LogP contribution in [0.25, 0.3) is 0 Å². The summed E-state index contributed by atoms with van der Waals surface area (Å²) >= 11 is 0. The summed E-state index contributed by atoms with van der Waals surface area (Å²) in [4.78, 5) is 12.4. The molecule has 0 aromatic carbocycles. The van der Waals surface area contributed by atoms with Gasteiger partial charge in [-0.1, -0.05) is 0 Å². The molecule has 2 rings (SSSR count). The highest BCUT2D eigenvalue weighted by Gasteiger charge is 2.14. The van der Waals surface area contributed by atoms with Crippen molar-refractivity contribution in [1.29, 1.82) is 0 Å². The fourth-order valence-corrected chi connectivity index (χ4v) is 1.75. The largest absolute Gasteiger partial charge is 0.311 e. The zero-order valence-electron chi connectivity index (χ0n) is 10.0. The molecule has 1 atom stereocenters. The molecule has 0 bridgehead atoms. The van der Waals surface area contributed by atoms with Crippen molar-refractivity contribution < 1.29 is 0 Å². The Labute approximate surface area is 100 Å². The Hall–Kier alpha value is -1.82. The second-order valence-corrected chi connectivity index (χ2v) is 3.67. The fraction of sp³-hybridized carbons (Fsp3) is 0.455. The van der Waals surface area contributed by atoms with Crippen LogP contribution in [0.5, 0.6) is 0 Å². The Kier molecular flexibility index (Phi) is 3.77. The molecule has 0 fully saturated rings. The van der Waals surface area contributed by atoms with Gasteiger partial charge in [0, 0.05) is 19.2 Å². The molecule has 1 unspecified atom stereocenters. The molecule has 0 saturated heterocycles. The average Bonchev–Trinajstić information content (AvgIpc) is 2.84. The molecule has 0 aliphatic carbocycles. The number of aromatic nitrogens is 5. The number of nitrogens with one attached hydrogen (secondary N) is 1. The van der Waals surface area contributed by atoms with Gasteiger partial charge < -0.3 is 5.32 Å². The van der Waals surface area contributed by atoms with E-state index in [4.69, 9.17) is 0 Å². The summed E-state index contributed by atoms with van der Waals surface area (Å²) in [5.74, 6) is 0.963. The van der Waals surface area contributed by atoms with Crippen LogP contribution in [0.1, 0.15) is 24.5 Å². The van der Waals surface area contributed by atoms with Gasteiger partial charge in [0.2, 0.25) is 0 Å². The standard InChI is InChI=1S/C11H16N6/c1-3-17-11(15-8-16-17)6-10(12-2)9-4-5-13-7-14-9/h4-5,7-8,10,12H,3,6H2,1-2H3. The maximum atomic E-state index is 4.27. The van der Waals surface area contributed by atoms with Crippen LogP contribution in [-0.2, 0) is 13.0 Å². The van der Waals surface area contributed by atoms with Crippen molar-refractivity contribution in [2.24, 2.45) is 0 Å². The number of hydrogen-bond donors (Lipinski definition) is 1. The second-order valence-electron chi connectivity index (χ2n) is 3.67. The minimum atomic E-state index is 0.132. The van der Waals surface area contributed by atoms with E-state index >= 15 is 0 Å². The van der Waals surface area contributed by atoms with Crippen molar-refractivity contribution in [2.45, 2.75) is 25.9 Å². The summed E-state index contributed by atoms with van der Waals surface area (Å²) < 4.78 is 1.89. The maximum Gasteiger partial charge on any atom is 0.138 e. The first-order chi connectivity index (χ1) is 8.35. The van der Waals surface area contributed by atoms with E-state index in [-0.39, 0.29) is 6.04 Å². The molecule has 1 N–H and O–H groups in total. The van der Waals surface area contributed by atoms with Crippen LogP contribution in [0, 0.1) is 0 Å². The molecule has 0 saturated carbocycles. The lowest BCUT2D eigenvalue weighted by atomic mass is 10.1. The monoisotopic (exact) mass is 232 g/mol. The molecule has 6 heteroatoms. The summed E-state index contributed by atoms with van der Waals surface area (Å²) in [6.45, 7) is 2.88. The molecular formula is C11H16N6. The van der Waals surface area contributed by atoms with Gasteiger partial charge in [-0.25, -0.2) is 15.0 Å². The molecule has 0 amide bonds. The van der Waals surface area contributed by atoms with Gasteiger partial charge in [-0.15, -0.1) is 0 Å². The Bertz CT molecular complexity index is 452. The minimum absolute atomic E-state index is 0.132. The zero-order chi connectivity index (χ0) is 12.1. The quantitative estimate of drug-likeness (QED) is 0.817. The topological polar surface area (TPSA) is 68.5 Å². The number of nitrogens with zero attached hydrogens (tertiary/aromatic N) is 5. The third-order valence-corrected chi connectivity index (χ3v) is 2.69. The summed E-state index contributed by atoms with van der Waals surface area (Å²) in [6, 6.07) is 2.04. The van der Waals surface area contributed by atoms with Gasteiger partial charge in [-0.3, -0.25) is 4.68 Å². The molecule has 2 heterocycles. The number of rotatable bonds is 5. The van der Waals surface area contributed by atoms with Crippen molar-refractivity contribution in [3.63, 3.8) is 0 Å². The molecule has 17 heavy (non-hydrogen) atoms. The van der Waals surface area contributed by atoms with E-state index < -0.39 is 0 Å². The van der Waals surface area contributed by atoms with Crippen molar-refractivity contribution in [3.05, 3.63) is 36.4 Å². The molecule has 6 nitrogen and oxygen atoms in total. The lowest BCUT2D eigenvalue weighted by Gasteiger charge is -2.14. The van der Waals surface area contributed by atoms with Crippen LogP contribution in [-0.4, -0.2) is 31.8 Å². The van der Waals surface area contributed by atoms with Gasteiger partial charge in [-0.05, 0) is 20.0 Å². The Balaban J connectivity index is 2.16. The van der Waals surface area contributed by atoms with Gasteiger partial charge in [-0.2, -0.15) is 5.10 Å². The maximum absolute atomic E-state index is 4.27. The molecule has 0 aliphatic heterocycles. The van der Waals surface area contributed by atoms with Crippen LogP contribution in [0.2, 0.25) is 0 Å². The number of hydrogen-bond acceptors (Lipinski definition) is 5. The van der Waals surface area contributed by atoms with Crippen molar-refractivity contribution in [1.82, 2.24) is 30.0 Å². The van der Waals surface area contributed by atoms with Gasteiger partial charge in [0.05, 0.1) is 11.7 Å². The molecule has 0 aliphatic rings. The molecule has 2 aromatic rings. The van der Waals surface area contributed by atoms with E-state index in [2.05, 4.69) is 32.3 Å². The van der Waals surface area contributed by atoms with E-state index in [0.29, 0.717) is 0 Å². The summed E-state index contributed by atoms with van der Waals surface area (Å²) in [6.07, 6.45) is 5.66. The van der Waals surface area contributed by atoms with Crippen molar-refractivity contribution >= 4 is 0 Å². The Morgan fingerprint density at radius 2 is 2.24 bits per heavy atom. The van der Waals surface area contributed by atoms with Gasteiger partial charge in [0.15, 0.2) is 0 Å². The molecular weight excluding hydrogens is 216 g/mol. The highest BCUT2D eigenvalue weighted by atomic mass is 15.3. The van der Waals surface area contributed by atoms with Crippen LogP contribution in [0.15, 0.2) is 24.9 Å². The third-order valence-electron chi connectivity index (χ3n) is 2.69. The first-order valence-corrected chi connectivity index (χ1v) is 5.65. The SMILES string of the molecule is CCn1ncnc1CC(NC)c1ccncn1. The Morgan fingerprint density at radius 1 is 1.35 bits per heavy atom. The molecule has 0 spiro atoms. The minimum Gasteiger partial charge on any atom is -0.311 e. The third kappa shape index (κ3) is 2.65. The van der Waals surface area contributed by atoms with Crippen LogP contribution >= 0.6 is 0 Å². The average molecular weight is 232 g/mol. The van der Waals surface area contributed by atoms with E-state index in [1.807, 2.05) is 17.8 Å². The van der Waals surface area contributed by atoms with Crippen LogP contribution in [0.4, 0.5) is 0 Å². The van der Waals surface area contributed by atoms with Crippen LogP contribution in [0.3, 0.4) is 0 Å². The normalized spacial score (nSPS) is 12.6. The van der Waals surface area contributed by atoms with E-state index in [0.717, 1.165) is 24.5 Å². The highest BCUT2D eigenvalue weighted by Crippen LogP contribution is 2.13. The van der Waals surface area contributed by atoms with Crippen LogP contribution < -0.4 is 5.32 Å². The number of aryl methyl sites for hydroxylation is 1. The predicted molar refractivity (Wildman–Crippen MR) is 63.2 cm³/mol. The smallest absolute Gasteiger partial charge is 0.138 e. The molecule has 90 valence electrons. The van der Waals surface area contributed by atoms with E-state index in [1.54, 1.807) is 18.9 Å². The van der Waals surface area contributed by atoms with Crippen molar-refractivity contribution in [3.8, 4) is 0 Å². The first-order valence-electron chi connectivity index (χ1n) is 5.65. The van der Waals surface area contributed by atoms with Gasteiger partial charge in [0.1, 0.15) is 18.5 Å². The molecule has 2 aromatic heterocycles. The summed E-state index contributed by atoms with van der Waals surface area (Å²) in [5.41, 5.74) is 0.966.